The van der Waals surface area contributed by atoms with Crippen molar-refractivity contribution in [3.63, 3.8) is 0 Å². The van der Waals surface area contributed by atoms with Crippen LogP contribution in [0.3, 0.4) is 0 Å². The maximum atomic E-state index is 14.3. The predicted octanol–water partition coefficient (Wildman–Crippen LogP) is 3.38. The maximum Gasteiger partial charge on any atom is 0.405 e. The van der Waals surface area contributed by atoms with Crippen LogP contribution >= 0.6 is 11.3 Å². The third-order valence-corrected chi connectivity index (χ3v) is 13.5. The Hall–Kier alpha value is -4.05. The average Bonchev–Trinajstić information content (AvgIpc) is 3.85. The number of aryl methyl sites for hydroxylation is 1. The number of nitrogens with zero attached hydrogens (tertiary/aromatic N) is 3. The van der Waals surface area contributed by atoms with Gasteiger partial charge in [-0.1, -0.05) is 26.0 Å². The standard InChI is InChI=1S/C34H44N6O8S2/c1-19-7-5-6-8-22-16-34(22,31(43)39-50(46,47)33(4)10-11-33)38-28(41)26-15-24(17-40(26)30(42)27(20(2)13-19)37-32(44)45)48-23-9-12-35-25(14-23)29-36-21(3)18-49-29/h6,8-9,12,14,18-20,22,24,26-27,37H,5,7,10-11,13,15-17H2,1-4H3,(H,38,41)(H,39,43)(H,44,45)/b8-6-/t19-,20-,22-,24-,26+,27+,34-/m1/s1. The van der Waals surface area contributed by atoms with E-state index in [-0.39, 0.29) is 25.3 Å². The number of amides is 4. The molecule has 3 fully saturated rings. The lowest BCUT2D eigenvalue weighted by atomic mass is 9.88. The molecule has 0 unspecified atom stereocenters. The van der Waals surface area contributed by atoms with Crippen molar-refractivity contribution < 1.29 is 37.4 Å². The number of hydrogen-bond acceptors (Lipinski definition) is 10. The Morgan fingerprint density at radius 1 is 1.20 bits per heavy atom. The average molecular weight is 729 g/mol. The summed E-state index contributed by atoms with van der Waals surface area (Å²) in [6.45, 7) is 7.29. The molecule has 1 saturated heterocycles. The molecule has 270 valence electrons. The zero-order valence-electron chi connectivity index (χ0n) is 28.5. The molecule has 6 rings (SSSR count). The van der Waals surface area contributed by atoms with E-state index in [1.807, 2.05) is 38.3 Å². The van der Waals surface area contributed by atoms with Gasteiger partial charge in [0.1, 0.15) is 40.2 Å². The third-order valence-electron chi connectivity index (χ3n) is 10.4. The summed E-state index contributed by atoms with van der Waals surface area (Å²) in [5.74, 6) is -2.29. The van der Waals surface area contributed by atoms with Crippen molar-refractivity contribution in [2.24, 2.45) is 17.8 Å². The Balaban J connectivity index is 1.31. The second-order valence-corrected chi connectivity index (χ2v) is 17.6. The van der Waals surface area contributed by atoms with Gasteiger partial charge >= 0.3 is 6.09 Å². The SMILES string of the molecule is Cc1csc(-c2cc(O[C@@H]3C[C@H]4C(=O)N[C@]5(C(=O)NS(=O)(=O)C6(C)CC6)C[C@H]5/C=C\CC[C@@H](C)C[C@@H](C)[C@H](NC(=O)O)C(=O)N4C3)ccn2)n1. The van der Waals surface area contributed by atoms with Crippen LogP contribution in [-0.2, 0) is 24.4 Å². The van der Waals surface area contributed by atoms with Gasteiger partial charge in [-0.3, -0.25) is 24.1 Å². The molecule has 2 aromatic heterocycles. The van der Waals surface area contributed by atoms with E-state index in [4.69, 9.17) is 4.74 Å². The zero-order chi connectivity index (χ0) is 36.0. The molecule has 4 N–H and O–H groups in total. The van der Waals surface area contributed by atoms with Gasteiger partial charge in [-0.15, -0.1) is 11.3 Å². The Morgan fingerprint density at radius 2 is 1.96 bits per heavy atom. The van der Waals surface area contributed by atoms with Crippen molar-refractivity contribution in [1.82, 2.24) is 30.2 Å². The molecule has 2 saturated carbocycles. The van der Waals surface area contributed by atoms with Gasteiger partial charge in [0.2, 0.25) is 21.8 Å². The van der Waals surface area contributed by atoms with Crippen LogP contribution in [0.2, 0.25) is 0 Å². The minimum absolute atomic E-state index is 0.0275. The number of sulfonamides is 1. The van der Waals surface area contributed by atoms with Gasteiger partial charge in [0.15, 0.2) is 0 Å². The molecule has 0 radical (unpaired) electrons. The Morgan fingerprint density at radius 3 is 2.64 bits per heavy atom. The molecule has 0 bridgehead atoms. The van der Waals surface area contributed by atoms with Crippen molar-refractivity contribution in [2.45, 2.75) is 101 Å². The highest BCUT2D eigenvalue weighted by molar-refractivity contribution is 7.91. The van der Waals surface area contributed by atoms with Crippen LogP contribution < -0.4 is 20.1 Å². The van der Waals surface area contributed by atoms with Gasteiger partial charge in [0.05, 0.1) is 11.3 Å². The molecule has 50 heavy (non-hydrogen) atoms. The van der Waals surface area contributed by atoms with Crippen LogP contribution in [0.5, 0.6) is 5.75 Å². The lowest BCUT2D eigenvalue weighted by Crippen LogP contribution is -2.59. The highest BCUT2D eigenvalue weighted by atomic mass is 32.2. The van der Waals surface area contributed by atoms with Gasteiger partial charge in [0, 0.05) is 35.7 Å². The lowest BCUT2D eigenvalue weighted by molar-refractivity contribution is -0.142. The molecule has 2 aliphatic heterocycles. The Bertz CT molecular complexity index is 1810. The number of thiazole rings is 1. The molecule has 4 heterocycles. The van der Waals surface area contributed by atoms with Crippen LogP contribution in [0.4, 0.5) is 4.79 Å². The van der Waals surface area contributed by atoms with Crippen LogP contribution in [0.25, 0.3) is 10.7 Å². The van der Waals surface area contributed by atoms with E-state index in [0.717, 1.165) is 12.1 Å². The first-order valence-corrected chi connectivity index (χ1v) is 19.4. The van der Waals surface area contributed by atoms with Crippen molar-refractivity contribution in [2.75, 3.05) is 6.54 Å². The quantitative estimate of drug-likeness (QED) is 0.307. The lowest BCUT2D eigenvalue weighted by Gasteiger charge is -2.32. The molecule has 0 spiro atoms. The molecule has 2 aliphatic carbocycles. The number of carbonyl (C=O) groups excluding carboxylic acids is 3. The normalized spacial score (nSPS) is 31.6. The van der Waals surface area contributed by atoms with Crippen molar-refractivity contribution in [1.29, 1.82) is 0 Å². The Kier molecular flexibility index (Phi) is 9.72. The van der Waals surface area contributed by atoms with Gasteiger partial charge in [-0.05, 0) is 70.3 Å². The van der Waals surface area contributed by atoms with Gasteiger partial charge in [-0.25, -0.2) is 18.2 Å². The van der Waals surface area contributed by atoms with Crippen molar-refractivity contribution >= 4 is 45.2 Å². The summed E-state index contributed by atoms with van der Waals surface area (Å²) in [5.41, 5.74) is -0.0644. The third kappa shape index (κ3) is 7.36. The number of allylic oxidation sites excluding steroid dienone is 1. The predicted molar refractivity (Wildman–Crippen MR) is 185 cm³/mol. The largest absolute Gasteiger partial charge is 0.488 e. The Labute approximate surface area is 295 Å². The second kappa shape index (κ2) is 13.6. The topological polar surface area (TPSA) is 197 Å². The number of carboxylic acid groups (broad SMARTS) is 1. The summed E-state index contributed by atoms with van der Waals surface area (Å²) in [6, 6.07) is 1.13. The van der Waals surface area contributed by atoms with E-state index < -0.39 is 74.1 Å². The van der Waals surface area contributed by atoms with E-state index in [2.05, 4.69) is 25.3 Å². The first-order chi connectivity index (χ1) is 23.6. The van der Waals surface area contributed by atoms with Crippen LogP contribution in [0, 0.1) is 24.7 Å². The number of pyridine rings is 1. The number of nitrogens with one attached hydrogen (secondary N) is 3. The summed E-state index contributed by atoms with van der Waals surface area (Å²) >= 11 is 1.44. The number of hydrogen-bond donors (Lipinski definition) is 4. The number of rotatable bonds is 7. The molecular formula is C34H44N6O8S2. The summed E-state index contributed by atoms with van der Waals surface area (Å²) in [7, 11) is -3.99. The first-order valence-electron chi connectivity index (χ1n) is 17.0. The molecule has 7 atom stereocenters. The van der Waals surface area contributed by atoms with E-state index in [9.17, 15) is 32.7 Å². The minimum Gasteiger partial charge on any atom is -0.488 e. The van der Waals surface area contributed by atoms with Crippen molar-refractivity contribution in [3.8, 4) is 16.5 Å². The number of carbonyl (C=O) groups is 4. The van der Waals surface area contributed by atoms with E-state index in [1.54, 1.807) is 25.3 Å². The van der Waals surface area contributed by atoms with E-state index in [1.165, 1.54) is 16.2 Å². The van der Waals surface area contributed by atoms with E-state index in [0.29, 0.717) is 42.1 Å². The van der Waals surface area contributed by atoms with Gasteiger partial charge < -0.3 is 25.4 Å². The molecule has 0 aromatic carbocycles. The zero-order valence-corrected chi connectivity index (χ0v) is 30.2. The molecule has 2 aromatic rings. The molecule has 4 amide bonds. The minimum atomic E-state index is -3.99. The second-order valence-electron chi connectivity index (χ2n) is 14.6. The van der Waals surface area contributed by atoms with E-state index >= 15 is 0 Å². The monoisotopic (exact) mass is 728 g/mol. The summed E-state index contributed by atoms with van der Waals surface area (Å²) in [5, 5.41) is 17.6. The smallest absolute Gasteiger partial charge is 0.405 e. The summed E-state index contributed by atoms with van der Waals surface area (Å²) in [6.07, 6.45) is 6.41. The fourth-order valence-corrected chi connectivity index (χ4v) is 9.07. The van der Waals surface area contributed by atoms with Gasteiger partial charge in [-0.2, -0.15) is 0 Å². The molecule has 14 nitrogen and oxygen atoms in total. The number of fused-ring (bicyclic) bond motifs is 2. The maximum absolute atomic E-state index is 14.3. The molecule has 4 aliphatic rings. The van der Waals surface area contributed by atoms with Gasteiger partial charge in [0.25, 0.3) is 5.91 Å². The fraction of sp³-hybridized carbons (Fsp3) is 0.588. The number of ether oxygens (including phenoxy) is 1. The van der Waals surface area contributed by atoms with Crippen LogP contribution in [0.15, 0.2) is 35.9 Å². The van der Waals surface area contributed by atoms with Crippen LogP contribution in [-0.4, -0.2) is 87.2 Å². The first kappa shape index (κ1) is 35.8. The number of aromatic nitrogens is 2. The fourth-order valence-electron chi connectivity index (χ4n) is 7.00. The molecular weight excluding hydrogens is 685 g/mol. The molecule has 16 heteroatoms. The van der Waals surface area contributed by atoms with Crippen molar-refractivity contribution in [3.05, 3.63) is 41.6 Å². The summed E-state index contributed by atoms with van der Waals surface area (Å²) in [4.78, 5) is 64.4. The van der Waals surface area contributed by atoms with Crippen LogP contribution in [0.1, 0.15) is 71.4 Å². The summed E-state index contributed by atoms with van der Waals surface area (Å²) < 4.78 is 33.7. The highest BCUT2D eigenvalue weighted by Gasteiger charge is 2.63. The highest BCUT2D eigenvalue weighted by Crippen LogP contribution is 2.47.